The van der Waals surface area contributed by atoms with Crippen LogP contribution < -0.4 is 0 Å². The summed E-state index contributed by atoms with van der Waals surface area (Å²) in [7, 11) is -2.38. The maximum atomic E-state index is 14.2. The Morgan fingerprint density at radius 2 is 1.85 bits per heavy atom. The van der Waals surface area contributed by atoms with Gasteiger partial charge in [0.25, 0.3) is 0 Å². The third-order valence-corrected chi connectivity index (χ3v) is 7.40. The summed E-state index contributed by atoms with van der Waals surface area (Å²) in [6, 6.07) is 15.3. The monoisotopic (exact) mass is 485 g/mol. The number of aromatic nitrogens is 2. The van der Waals surface area contributed by atoms with Gasteiger partial charge in [0.1, 0.15) is 5.82 Å². The minimum atomic E-state index is -3.96. The molecule has 0 spiro atoms. The summed E-state index contributed by atoms with van der Waals surface area (Å²) >= 11 is 0. The fraction of sp³-hybridized carbons (Fsp3) is 0.360. The average molecular weight is 486 g/mol. The molecule has 1 amide bonds. The van der Waals surface area contributed by atoms with Gasteiger partial charge in [-0.05, 0) is 24.5 Å². The zero-order chi connectivity index (χ0) is 24.1. The molecule has 0 atom stereocenters. The molecule has 0 aliphatic heterocycles. The number of methoxy groups -OCH3 is 1. The highest BCUT2D eigenvalue weighted by Gasteiger charge is 2.34. The molecule has 1 aromatic heterocycles. The first-order valence-electron chi connectivity index (χ1n) is 11.2. The van der Waals surface area contributed by atoms with Gasteiger partial charge in [0.05, 0.1) is 37.3 Å². The van der Waals surface area contributed by atoms with Gasteiger partial charge < -0.3 is 14.2 Å². The highest BCUT2D eigenvalue weighted by atomic mass is 32.2. The van der Waals surface area contributed by atoms with E-state index in [1.165, 1.54) is 24.4 Å². The maximum absolute atomic E-state index is 14.2. The summed E-state index contributed by atoms with van der Waals surface area (Å²) in [4.78, 5) is 18.8. The Balaban J connectivity index is 1.69. The van der Waals surface area contributed by atoms with E-state index in [0.717, 1.165) is 18.4 Å². The number of amides is 1. The second-order valence-corrected chi connectivity index (χ2v) is 10.4. The Morgan fingerprint density at radius 3 is 2.53 bits per heavy atom. The van der Waals surface area contributed by atoms with E-state index in [1.54, 1.807) is 22.6 Å². The van der Waals surface area contributed by atoms with Gasteiger partial charge in [-0.1, -0.05) is 48.5 Å². The lowest BCUT2D eigenvalue weighted by atomic mass is 10.2. The van der Waals surface area contributed by atoms with Crippen LogP contribution in [-0.4, -0.2) is 49.0 Å². The summed E-state index contributed by atoms with van der Waals surface area (Å²) in [6.45, 7) is 1.26. The van der Waals surface area contributed by atoms with Gasteiger partial charge in [0, 0.05) is 25.1 Å². The van der Waals surface area contributed by atoms with Gasteiger partial charge in [0.2, 0.25) is 20.9 Å². The third kappa shape index (κ3) is 5.71. The molecule has 1 saturated carbocycles. The Hall–Kier alpha value is -3.04. The number of rotatable bonds is 11. The standard InChI is InChI=1S/C25H28FN3O4S/c1-33-14-13-28(24(30)20-11-12-20)17-22-15-27-25(29(22)16-19-7-3-2-4-8-19)34(31,32)18-21-9-5-6-10-23(21)26/h2-10,15,20H,11-14,16-18H2,1H3. The fourth-order valence-electron chi connectivity index (χ4n) is 3.84. The first-order valence-corrected chi connectivity index (χ1v) is 12.9. The van der Waals surface area contributed by atoms with Crippen molar-refractivity contribution in [2.24, 2.45) is 5.92 Å². The first-order chi connectivity index (χ1) is 16.4. The van der Waals surface area contributed by atoms with E-state index in [1.807, 2.05) is 30.3 Å². The molecule has 9 heteroatoms. The highest BCUT2D eigenvalue weighted by Crippen LogP contribution is 2.31. The molecular formula is C25H28FN3O4S. The zero-order valence-corrected chi connectivity index (χ0v) is 19.9. The van der Waals surface area contributed by atoms with E-state index in [4.69, 9.17) is 4.74 Å². The molecule has 0 unspecified atom stereocenters. The number of ether oxygens (including phenoxy) is 1. The summed E-state index contributed by atoms with van der Waals surface area (Å²) in [6.07, 6.45) is 3.23. The lowest BCUT2D eigenvalue weighted by Crippen LogP contribution is -2.35. The predicted octanol–water partition coefficient (Wildman–Crippen LogP) is 3.43. The molecule has 4 rings (SSSR count). The van der Waals surface area contributed by atoms with Crippen molar-refractivity contribution in [3.8, 4) is 0 Å². The van der Waals surface area contributed by atoms with Crippen molar-refractivity contribution in [3.63, 3.8) is 0 Å². The third-order valence-electron chi connectivity index (χ3n) is 5.82. The minimum Gasteiger partial charge on any atom is -0.383 e. The Bertz CT molecular complexity index is 1240. The van der Waals surface area contributed by atoms with Crippen molar-refractivity contribution in [3.05, 3.63) is 83.4 Å². The lowest BCUT2D eigenvalue weighted by Gasteiger charge is -2.23. The fourth-order valence-corrected chi connectivity index (χ4v) is 5.34. The van der Waals surface area contributed by atoms with Crippen molar-refractivity contribution < 1.29 is 22.3 Å². The van der Waals surface area contributed by atoms with Gasteiger partial charge in [-0.2, -0.15) is 0 Å². The number of carbonyl (C=O) groups excluding carboxylic acids is 1. The van der Waals surface area contributed by atoms with Crippen LogP contribution >= 0.6 is 0 Å². The molecule has 0 bridgehead atoms. The molecule has 3 aromatic rings. The van der Waals surface area contributed by atoms with Crippen LogP contribution in [0.1, 0.15) is 29.7 Å². The van der Waals surface area contributed by atoms with E-state index in [9.17, 15) is 17.6 Å². The minimum absolute atomic E-state index is 0.0200. The topological polar surface area (TPSA) is 81.5 Å². The Morgan fingerprint density at radius 1 is 1.15 bits per heavy atom. The molecule has 1 fully saturated rings. The Labute approximate surface area is 199 Å². The molecule has 0 radical (unpaired) electrons. The Kier molecular flexibility index (Phi) is 7.43. The van der Waals surface area contributed by atoms with E-state index in [2.05, 4.69) is 4.98 Å². The molecule has 7 nitrogen and oxygen atoms in total. The van der Waals surface area contributed by atoms with E-state index >= 15 is 0 Å². The average Bonchev–Trinajstić information content (AvgIpc) is 3.60. The summed E-state index contributed by atoms with van der Waals surface area (Å²) in [5.74, 6) is -1.01. The SMILES string of the molecule is COCCN(Cc1cnc(S(=O)(=O)Cc2ccccc2F)n1Cc1ccccc1)C(=O)C1CC1. The van der Waals surface area contributed by atoms with Crippen molar-refractivity contribution >= 4 is 15.7 Å². The summed E-state index contributed by atoms with van der Waals surface area (Å²) < 4.78 is 47.7. The van der Waals surface area contributed by atoms with Crippen LogP contribution in [0.4, 0.5) is 4.39 Å². The van der Waals surface area contributed by atoms with E-state index in [0.29, 0.717) is 18.8 Å². The van der Waals surface area contributed by atoms with Crippen molar-refractivity contribution in [2.75, 3.05) is 20.3 Å². The number of sulfone groups is 1. The smallest absolute Gasteiger partial charge is 0.228 e. The summed E-state index contributed by atoms with van der Waals surface area (Å²) in [5.41, 5.74) is 1.58. The molecule has 1 heterocycles. The van der Waals surface area contributed by atoms with Gasteiger partial charge in [0.15, 0.2) is 0 Å². The number of imidazole rings is 1. The van der Waals surface area contributed by atoms with Crippen LogP contribution in [0.3, 0.4) is 0 Å². The van der Waals surface area contributed by atoms with Crippen LogP contribution in [-0.2, 0) is 38.2 Å². The molecule has 180 valence electrons. The van der Waals surface area contributed by atoms with Crippen molar-refractivity contribution in [1.29, 1.82) is 0 Å². The second kappa shape index (κ2) is 10.5. The van der Waals surface area contributed by atoms with E-state index in [-0.39, 0.29) is 35.6 Å². The van der Waals surface area contributed by atoms with Crippen LogP contribution in [0.15, 0.2) is 66.0 Å². The van der Waals surface area contributed by atoms with Crippen LogP contribution in [0.25, 0.3) is 0 Å². The lowest BCUT2D eigenvalue weighted by molar-refractivity contribution is -0.133. The number of halogens is 1. The number of hydrogen-bond acceptors (Lipinski definition) is 5. The maximum Gasteiger partial charge on any atom is 0.228 e. The molecule has 1 aliphatic rings. The molecule has 0 saturated heterocycles. The zero-order valence-electron chi connectivity index (χ0n) is 19.1. The highest BCUT2D eigenvalue weighted by molar-refractivity contribution is 7.90. The normalized spacial score (nSPS) is 13.7. The number of benzene rings is 2. The number of carbonyl (C=O) groups is 1. The molecule has 2 aromatic carbocycles. The predicted molar refractivity (Wildman–Crippen MR) is 125 cm³/mol. The van der Waals surface area contributed by atoms with Crippen LogP contribution in [0.2, 0.25) is 0 Å². The van der Waals surface area contributed by atoms with E-state index < -0.39 is 21.4 Å². The first kappa shape index (κ1) is 24.1. The molecule has 34 heavy (non-hydrogen) atoms. The molecule has 0 N–H and O–H groups in total. The molecular weight excluding hydrogens is 457 g/mol. The van der Waals surface area contributed by atoms with Crippen LogP contribution in [0, 0.1) is 11.7 Å². The largest absolute Gasteiger partial charge is 0.383 e. The molecule has 1 aliphatic carbocycles. The van der Waals surface area contributed by atoms with Gasteiger partial charge in [-0.15, -0.1) is 0 Å². The van der Waals surface area contributed by atoms with Gasteiger partial charge >= 0.3 is 0 Å². The second-order valence-electron chi connectivity index (χ2n) is 8.48. The quantitative estimate of drug-likeness (QED) is 0.416. The summed E-state index contributed by atoms with van der Waals surface area (Å²) in [5, 5.41) is -0.139. The number of nitrogens with zero attached hydrogens (tertiary/aromatic N) is 3. The number of hydrogen-bond donors (Lipinski definition) is 0. The van der Waals surface area contributed by atoms with Gasteiger partial charge in [-0.25, -0.2) is 17.8 Å². The van der Waals surface area contributed by atoms with Crippen molar-refractivity contribution in [2.45, 2.75) is 36.8 Å². The van der Waals surface area contributed by atoms with Gasteiger partial charge in [-0.3, -0.25) is 4.79 Å². The van der Waals surface area contributed by atoms with Crippen molar-refractivity contribution in [1.82, 2.24) is 14.5 Å². The van der Waals surface area contributed by atoms with Crippen LogP contribution in [0.5, 0.6) is 0 Å².